The Morgan fingerprint density at radius 3 is 3.33 bits per heavy atom. The van der Waals surface area contributed by atoms with Crippen molar-refractivity contribution in [1.82, 2.24) is 0 Å². The lowest BCUT2D eigenvalue weighted by Crippen LogP contribution is -2.21. The highest BCUT2D eigenvalue weighted by atomic mass is 16.6. The molecule has 1 aliphatic heterocycles. The molecule has 2 nitrogen and oxygen atoms in total. The lowest BCUT2D eigenvalue weighted by atomic mass is 9.82. The number of allylic oxidation sites excluding steroid dienone is 1. The maximum Gasteiger partial charge on any atom is 0.309 e. The van der Waals surface area contributed by atoms with Gasteiger partial charge in [-0.05, 0) is 25.8 Å². The van der Waals surface area contributed by atoms with Crippen molar-refractivity contribution in [2.45, 2.75) is 32.7 Å². The Labute approximate surface area is 76.8 Å². The van der Waals surface area contributed by atoms with Gasteiger partial charge in [-0.25, -0.2) is 0 Å². The molecular formula is C10H14O2. The minimum Gasteiger partial charge on any atom is -0.458 e. The summed E-state index contributed by atoms with van der Waals surface area (Å²) in [5, 5.41) is 0. The first-order chi connectivity index (χ1) is 6.89. The summed E-state index contributed by atoms with van der Waals surface area (Å²) in [5.41, 5.74) is 1.18. The fraction of sp³-hybridized carbons (Fsp3) is 0.700. The zero-order valence-electron chi connectivity index (χ0n) is 10.0. The second-order valence-electron chi connectivity index (χ2n) is 3.59. The molecule has 3 atom stereocenters. The van der Waals surface area contributed by atoms with Crippen molar-refractivity contribution in [2.24, 2.45) is 11.8 Å². The second kappa shape index (κ2) is 2.61. The maximum atomic E-state index is 11.5. The molecule has 3 unspecified atom stereocenters. The Kier molecular flexibility index (Phi) is 1.10. The van der Waals surface area contributed by atoms with Crippen molar-refractivity contribution in [3.05, 3.63) is 11.6 Å². The van der Waals surface area contributed by atoms with E-state index in [1.54, 1.807) is 0 Å². The number of hydrogen-bond acceptors (Lipinski definition) is 2. The van der Waals surface area contributed by atoms with E-state index in [0.29, 0.717) is 0 Å². The molecule has 1 aliphatic carbocycles. The quantitative estimate of drug-likeness (QED) is 0.409. The van der Waals surface area contributed by atoms with E-state index in [1.165, 1.54) is 5.57 Å². The van der Waals surface area contributed by atoms with Gasteiger partial charge < -0.3 is 4.74 Å². The third-order valence-electron chi connectivity index (χ3n) is 2.68. The molecule has 0 aromatic heterocycles. The average molecular weight is 169 g/mol. The van der Waals surface area contributed by atoms with Gasteiger partial charge in [0, 0.05) is 10.0 Å². The summed E-state index contributed by atoms with van der Waals surface area (Å²) in [6.07, 6.45) is 3.18. The molecule has 1 fully saturated rings. The molecule has 12 heavy (non-hydrogen) atoms. The average Bonchev–Trinajstić information content (AvgIpc) is 2.38. The monoisotopic (exact) mass is 169 g/mol. The molecule has 0 aromatic carbocycles. The highest BCUT2D eigenvalue weighted by Crippen LogP contribution is 2.37. The van der Waals surface area contributed by atoms with Crippen LogP contribution in [-0.2, 0) is 9.53 Å². The lowest BCUT2D eigenvalue weighted by molar-refractivity contribution is -0.142. The zero-order chi connectivity index (χ0) is 11.2. The van der Waals surface area contributed by atoms with Gasteiger partial charge in [-0.3, -0.25) is 4.79 Å². The number of carbonyl (C=O) groups excluding carboxylic acids is 1. The molecule has 66 valence electrons. The van der Waals surface area contributed by atoms with E-state index in [2.05, 4.69) is 0 Å². The van der Waals surface area contributed by atoms with Crippen LogP contribution in [0, 0.1) is 11.8 Å². The molecule has 2 rings (SSSR count). The number of hydrogen-bond donors (Lipinski definition) is 0. The molecule has 0 N–H and O–H groups in total. The number of fused-ring (bicyclic) bond motifs is 1. The predicted octanol–water partition coefficient (Wildman–Crippen LogP) is 1.90. The van der Waals surface area contributed by atoms with Crippen molar-refractivity contribution in [3.63, 3.8) is 0 Å². The Bertz CT molecular complexity index is 319. The Balaban J connectivity index is 2.26. The molecule has 0 bridgehead atoms. The predicted molar refractivity (Wildman–Crippen MR) is 45.5 cm³/mol. The van der Waals surface area contributed by atoms with Gasteiger partial charge >= 0.3 is 5.97 Å². The Hall–Kier alpha value is -0.790. The topological polar surface area (TPSA) is 26.3 Å². The third-order valence-corrected chi connectivity index (χ3v) is 2.68. The highest BCUT2D eigenvalue weighted by Gasteiger charge is 2.41. The molecule has 2 aliphatic rings. The van der Waals surface area contributed by atoms with Gasteiger partial charge in [0.2, 0.25) is 0 Å². The van der Waals surface area contributed by atoms with Crippen LogP contribution in [0.1, 0.15) is 30.7 Å². The Morgan fingerprint density at radius 1 is 1.75 bits per heavy atom. The number of rotatable bonds is 0. The van der Waals surface area contributed by atoms with Crippen molar-refractivity contribution in [1.29, 1.82) is 0 Å². The molecule has 0 spiro atoms. The van der Waals surface area contributed by atoms with Crippen LogP contribution in [0.25, 0.3) is 0 Å². The molecule has 1 saturated heterocycles. The summed E-state index contributed by atoms with van der Waals surface area (Å²) in [7, 11) is 0. The standard InChI is InChI=1S/C10H14O2/c1-6-3-4-8-7(2)10(11)12-9(8)5-6/h5,7-9H,3-4H2,1-2H3/i2D3. The summed E-state index contributed by atoms with van der Waals surface area (Å²) in [6, 6.07) is 0. The molecule has 0 aromatic rings. The van der Waals surface area contributed by atoms with Crippen LogP contribution in [0.15, 0.2) is 11.6 Å². The van der Waals surface area contributed by atoms with Gasteiger partial charge in [-0.1, -0.05) is 12.4 Å². The van der Waals surface area contributed by atoms with Crippen LogP contribution in [0.3, 0.4) is 0 Å². The second-order valence-corrected chi connectivity index (χ2v) is 3.59. The van der Waals surface area contributed by atoms with Gasteiger partial charge in [0.15, 0.2) is 0 Å². The fourth-order valence-electron chi connectivity index (χ4n) is 1.91. The molecule has 2 heteroatoms. The van der Waals surface area contributed by atoms with Crippen LogP contribution in [-0.4, -0.2) is 12.1 Å². The Morgan fingerprint density at radius 2 is 2.58 bits per heavy atom. The summed E-state index contributed by atoms with van der Waals surface area (Å²) in [5.74, 6) is -1.64. The largest absolute Gasteiger partial charge is 0.458 e. The van der Waals surface area contributed by atoms with E-state index in [0.717, 1.165) is 12.8 Å². The lowest BCUT2D eigenvalue weighted by Gasteiger charge is -2.22. The number of ether oxygens (including phenoxy) is 1. The first-order valence-corrected chi connectivity index (χ1v) is 4.27. The summed E-state index contributed by atoms with van der Waals surface area (Å²) < 4.78 is 27.1. The van der Waals surface area contributed by atoms with Gasteiger partial charge in [0.1, 0.15) is 6.10 Å². The van der Waals surface area contributed by atoms with E-state index in [1.807, 2.05) is 13.0 Å². The van der Waals surface area contributed by atoms with Crippen LogP contribution < -0.4 is 0 Å². The van der Waals surface area contributed by atoms with Crippen molar-refractivity contribution in [3.8, 4) is 0 Å². The van der Waals surface area contributed by atoms with Gasteiger partial charge in [-0.2, -0.15) is 0 Å². The van der Waals surface area contributed by atoms with Gasteiger partial charge in [-0.15, -0.1) is 0 Å². The molecule has 0 saturated carbocycles. The van der Waals surface area contributed by atoms with E-state index >= 15 is 0 Å². The molecule has 0 radical (unpaired) electrons. The smallest absolute Gasteiger partial charge is 0.309 e. The summed E-state index contributed by atoms with van der Waals surface area (Å²) >= 11 is 0. The van der Waals surface area contributed by atoms with Crippen LogP contribution in [0.5, 0.6) is 0 Å². The zero-order valence-corrected chi connectivity index (χ0v) is 7.04. The molecule has 0 amide bonds. The number of carbonyl (C=O) groups is 1. The van der Waals surface area contributed by atoms with E-state index in [9.17, 15) is 4.79 Å². The third kappa shape index (κ3) is 1.06. The maximum absolute atomic E-state index is 11.5. The highest BCUT2D eigenvalue weighted by molar-refractivity contribution is 5.75. The summed E-state index contributed by atoms with van der Waals surface area (Å²) in [6.45, 7) is -0.248. The van der Waals surface area contributed by atoms with Crippen molar-refractivity contribution >= 4 is 5.97 Å². The van der Waals surface area contributed by atoms with Gasteiger partial charge in [0.05, 0.1) is 5.92 Å². The normalized spacial score (nSPS) is 45.1. The first kappa shape index (κ1) is 5.05. The first-order valence-electron chi connectivity index (χ1n) is 5.77. The fourth-order valence-corrected chi connectivity index (χ4v) is 1.91. The van der Waals surface area contributed by atoms with Crippen molar-refractivity contribution in [2.75, 3.05) is 0 Å². The van der Waals surface area contributed by atoms with Crippen LogP contribution in [0.4, 0.5) is 0 Å². The van der Waals surface area contributed by atoms with Crippen LogP contribution in [0.2, 0.25) is 0 Å². The number of esters is 1. The SMILES string of the molecule is [2H]C([2H])([2H])C1C(=O)OC2C=C(C)CCC21. The van der Waals surface area contributed by atoms with E-state index in [-0.39, 0.29) is 12.0 Å². The molecule has 1 heterocycles. The van der Waals surface area contributed by atoms with Crippen LogP contribution >= 0.6 is 0 Å². The van der Waals surface area contributed by atoms with Gasteiger partial charge in [0.25, 0.3) is 0 Å². The minimum absolute atomic E-state index is 0.159. The van der Waals surface area contributed by atoms with Crippen molar-refractivity contribution < 1.29 is 13.6 Å². The minimum atomic E-state index is -2.23. The van der Waals surface area contributed by atoms with E-state index in [4.69, 9.17) is 8.85 Å². The van der Waals surface area contributed by atoms with E-state index < -0.39 is 18.7 Å². The molecular weight excluding hydrogens is 152 g/mol. The summed E-state index contributed by atoms with van der Waals surface area (Å²) in [4.78, 5) is 11.5.